The zero-order chi connectivity index (χ0) is 17.2. The average Bonchev–Trinajstić information content (AvgIpc) is 2.84. The molecule has 1 aromatic rings. The molecule has 0 amide bonds. The lowest BCUT2D eigenvalue weighted by Gasteiger charge is -2.12. The van der Waals surface area contributed by atoms with Crippen molar-refractivity contribution in [2.45, 2.75) is 30.4 Å². The second-order valence-corrected chi connectivity index (χ2v) is 6.81. The van der Waals surface area contributed by atoms with Gasteiger partial charge in [0.2, 0.25) is 16.1 Å². The molecule has 0 aliphatic carbocycles. The summed E-state index contributed by atoms with van der Waals surface area (Å²) < 4.78 is 41.1. The predicted octanol–water partition coefficient (Wildman–Crippen LogP) is 0.464. The van der Waals surface area contributed by atoms with E-state index in [1.807, 2.05) is 0 Å². The Morgan fingerprint density at radius 1 is 1.39 bits per heavy atom. The highest BCUT2D eigenvalue weighted by Gasteiger charge is 2.35. The van der Waals surface area contributed by atoms with Crippen LogP contribution in [0.5, 0.6) is 5.75 Å². The van der Waals surface area contributed by atoms with Gasteiger partial charge in [0.25, 0.3) is 0 Å². The van der Waals surface area contributed by atoms with Crippen LogP contribution in [0.25, 0.3) is 0 Å². The fourth-order valence-corrected chi connectivity index (χ4v) is 3.06. The van der Waals surface area contributed by atoms with E-state index < -0.39 is 28.1 Å². The van der Waals surface area contributed by atoms with E-state index in [-0.39, 0.29) is 28.7 Å². The minimum Gasteiger partial charge on any atom is -0.495 e. The first-order chi connectivity index (χ1) is 10.8. The van der Waals surface area contributed by atoms with Crippen molar-refractivity contribution in [2.24, 2.45) is 0 Å². The van der Waals surface area contributed by atoms with Crippen LogP contribution in [-0.4, -0.2) is 46.7 Å². The molecule has 9 heteroatoms. The van der Waals surface area contributed by atoms with Gasteiger partial charge in [-0.2, -0.15) is 0 Å². The number of sulfonamides is 1. The summed E-state index contributed by atoms with van der Waals surface area (Å²) in [7, 11) is -1.26. The fourth-order valence-electron chi connectivity index (χ4n) is 2.14. The summed E-state index contributed by atoms with van der Waals surface area (Å²) >= 11 is 0. The Morgan fingerprint density at radius 3 is 2.61 bits per heavy atom. The van der Waals surface area contributed by atoms with Crippen LogP contribution in [0.4, 0.5) is 0 Å². The summed E-state index contributed by atoms with van der Waals surface area (Å²) in [5.74, 6) is -1.33. The van der Waals surface area contributed by atoms with E-state index in [0.717, 1.165) is 6.07 Å². The first kappa shape index (κ1) is 17.2. The maximum atomic E-state index is 12.1. The summed E-state index contributed by atoms with van der Waals surface area (Å²) in [6.07, 6.45) is -1.04. The van der Waals surface area contributed by atoms with Crippen LogP contribution < -0.4 is 9.46 Å². The quantitative estimate of drug-likeness (QED) is 0.774. The van der Waals surface area contributed by atoms with Gasteiger partial charge < -0.3 is 14.2 Å². The molecule has 0 spiro atoms. The molecule has 2 rings (SSSR count). The number of nitrogens with one attached hydrogen (secondary N) is 1. The number of hydrogen-bond acceptors (Lipinski definition) is 7. The van der Waals surface area contributed by atoms with E-state index in [9.17, 15) is 18.0 Å². The largest absolute Gasteiger partial charge is 0.495 e. The van der Waals surface area contributed by atoms with Crippen LogP contribution >= 0.6 is 0 Å². The topological polar surface area (TPSA) is 108 Å². The third-order valence-electron chi connectivity index (χ3n) is 3.33. The van der Waals surface area contributed by atoms with Gasteiger partial charge in [-0.05, 0) is 32.2 Å². The molecule has 1 aliphatic heterocycles. The number of carbonyl (C=O) groups is 2. The molecule has 1 N–H and O–H groups in total. The van der Waals surface area contributed by atoms with Crippen molar-refractivity contribution in [3.05, 3.63) is 23.8 Å². The minimum absolute atomic E-state index is 0.00743. The monoisotopic (exact) mass is 343 g/mol. The Balaban J connectivity index is 2.28. The van der Waals surface area contributed by atoms with Crippen molar-refractivity contribution in [2.75, 3.05) is 14.2 Å². The summed E-state index contributed by atoms with van der Waals surface area (Å²) in [4.78, 5) is 23.4. The van der Waals surface area contributed by atoms with Crippen LogP contribution in [0.3, 0.4) is 0 Å². The standard InChI is InChI=1S/C14H17NO7S/c1-8-6-11(14(17)21-8)22-13(16)9-4-5-10(20-3)12(7-9)23(18,19)15-2/h4-5,7-8,11,15H,6H2,1-3H3. The molecule has 1 aromatic carbocycles. The molecule has 1 fully saturated rings. The van der Waals surface area contributed by atoms with E-state index in [4.69, 9.17) is 14.2 Å². The molecule has 0 aromatic heterocycles. The number of hydrogen-bond donors (Lipinski definition) is 1. The van der Waals surface area contributed by atoms with Crippen molar-refractivity contribution in [1.82, 2.24) is 4.72 Å². The van der Waals surface area contributed by atoms with Crippen molar-refractivity contribution < 1.29 is 32.2 Å². The second kappa shape index (κ2) is 6.55. The van der Waals surface area contributed by atoms with Crippen molar-refractivity contribution in [1.29, 1.82) is 0 Å². The number of carbonyl (C=O) groups excluding carboxylic acids is 2. The highest BCUT2D eigenvalue weighted by atomic mass is 32.2. The Bertz CT molecular complexity index is 729. The van der Waals surface area contributed by atoms with Crippen LogP contribution in [0.2, 0.25) is 0 Å². The van der Waals surface area contributed by atoms with E-state index in [1.165, 1.54) is 26.3 Å². The lowest BCUT2D eigenvalue weighted by atomic mass is 10.2. The Morgan fingerprint density at radius 2 is 2.09 bits per heavy atom. The summed E-state index contributed by atoms with van der Waals surface area (Å²) in [6.45, 7) is 1.69. The highest BCUT2D eigenvalue weighted by molar-refractivity contribution is 7.89. The third kappa shape index (κ3) is 3.62. The summed E-state index contributed by atoms with van der Waals surface area (Å²) in [5.41, 5.74) is -0.00743. The summed E-state index contributed by atoms with van der Waals surface area (Å²) in [6, 6.07) is 3.84. The van der Waals surface area contributed by atoms with Crippen LogP contribution in [-0.2, 0) is 24.3 Å². The summed E-state index contributed by atoms with van der Waals surface area (Å²) in [5, 5.41) is 0. The minimum atomic E-state index is -3.82. The zero-order valence-electron chi connectivity index (χ0n) is 12.9. The van der Waals surface area contributed by atoms with E-state index in [1.54, 1.807) is 6.92 Å². The first-order valence-electron chi connectivity index (χ1n) is 6.81. The van der Waals surface area contributed by atoms with Crippen molar-refractivity contribution in [3.8, 4) is 5.75 Å². The smallest absolute Gasteiger partial charge is 0.347 e. The van der Waals surface area contributed by atoms with Gasteiger partial charge in [-0.15, -0.1) is 0 Å². The predicted molar refractivity (Wildman–Crippen MR) is 78.6 cm³/mol. The van der Waals surface area contributed by atoms with Crippen molar-refractivity contribution in [3.63, 3.8) is 0 Å². The van der Waals surface area contributed by atoms with E-state index in [2.05, 4.69) is 4.72 Å². The molecule has 0 saturated carbocycles. The lowest BCUT2D eigenvalue weighted by molar-refractivity contribution is -0.147. The maximum Gasteiger partial charge on any atom is 0.347 e. The molecule has 126 valence electrons. The van der Waals surface area contributed by atoms with E-state index in [0.29, 0.717) is 0 Å². The molecule has 0 bridgehead atoms. The molecule has 2 unspecified atom stereocenters. The highest BCUT2D eigenvalue weighted by Crippen LogP contribution is 2.26. The van der Waals surface area contributed by atoms with Gasteiger partial charge in [0, 0.05) is 6.42 Å². The number of cyclic esters (lactones) is 1. The van der Waals surface area contributed by atoms with Crippen LogP contribution in [0.15, 0.2) is 23.1 Å². The normalized spacial score (nSPS) is 20.9. The first-order valence-corrected chi connectivity index (χ1v) is 8.30. The number of ether oxygens (including phenoxy) is 3. The van der Waals surface area contributed by atoms with Gasteiger partial charge in [-0.3, -0.25) is 0 Å². The second-order valence-electron chi connectivity index (χ2n) is 4.95. The molecule has 2 atom stereocenters. The third-order valence-corrected chi connectivity index (χ3v) is 4.77. The maximum absolute atomic E-state index is 12.1. The van der Waals surface area contributed by atoms with Crippen LogP contribution in [0.1, 0.15) is 23.7 Å². The van der Waals surface area contributed by atoms with Gasteiger partial charge >= 0.3 is 11.9 Å². The Kier molecular flexibility index (Phi) is 4.90. The molecule has 1 aliphatic rings. The average molecular weight is 343 g/mol. The van der Waals surface area contributed by atoms with Gasteiger partial charge in [0.1, 0.15) is 16.7 Å². The molecule has 1 heterocycles. The number of esters is 2. The molecular formula is C14H17NO7S. The SMILES string of the molecule is CNS(=O)(=O)c1cc(C(=O)OC2CC(C)OC2=O)ccc1OC. The van der Waals surface area contributed by atoms with Gasteiger partial charge in [0.05, 0.1) is 12.7 Å². The lowest BCUT2D eigenvalue weighted by Crippen LogP contribution is -2.23. The molecule has 23 heavy (non-hydrogen) atoms. The molecular weight excluding hydrogens is 326 g/mol. The van der Waals surface area contributed by atoms with E-state index >= 15 is 0 Å². The van der Waals surface area contributed by atoms with Crippen LogP contribution in [0, 0.1) is 0 Å². The molecule has 8 nitrogen and oxygen atoms in total. The number of rotatable bonds is 5. The Labute approximate surface area is 133 Å². The van der Waals surface area contributed by atoms with Gasteiger partial charge in [0.15, 0.2) is 0 Å². The zero-order valence-corrected chi connectivity index (χ0v) is 13.7. The molecule has 0 radical (unpaired) electrons. The number of benzene rings is 1. The Hall–Kier alpha value is -2.13. The van der Waals surface area contributed by atoms with Gasteiger partial charge in [-0.25, -0.2) is 22.7 Å². The number of methoxy groups -OCH3 is 1. The van der Waals surface area contributed by atoms with Gasteiger partial charge in [-0.1, -0.05) is 0 Å². The molecule has 1 saturated heterocycles. The fraction of sp³-hybridized carbons (Fsp3) is 0.429. The van der Waals surface area contributed by atoms with Crippen molar-refractivity contribution >= 4 is 22.0 Å².